The van der Waals surface area contributed by atoms with Crippen LogP contribution in [-0.4, -0.2) is 62.1 Å². The van der Waals surface area contributed by atoms with Gasteiger partial charge in [0.1, 0.15) is 28.8 Å². The van der Waals surface area contributed by atoms with E-state index >= 15 is 0 Å². The van der Waals surface area contributed by atoms with Crippen LogP contribution in [0.15, 0.2) is 71.7 Å². The highest BCUT2D eigenvalue weighted by molar-refractivity contribution is 6.04. The quantitative estimate of drug-likeness (QED) is 0.572. The molecule has 3 aromatic rings. The van der Waals surface area contributed by atoms with E-state index in [0.29, 0.717) is 36.8 Å². The Kier molecular flexibility index (Phi) is 6.43. The number of carbonyl (C=O) groups excluding carboxylic acids is 1. The predicted molar refractivity (Wildman–Crippen MR) is 135 cm³/mol. The molecule has 2 aliphatic heterocycles. The summed E-state index contributed by atoms with van der Waals surface area (Å²) < 4.78 is 17.1. The third-order valence-corrected chi connectivity index (χ3v) is 6.17. The molecule has 8 nitrogen and oxygen atoms in total. The fourth-order valence-corrected chi connectivity index (χ4v) is 4.34. The number of nitrogens with zero attached hydrogens (tertiary/aromatic N) is 3. The number of amides is 2. The maximum atomic E-state index is 13.0. The smallest absolute Gasteiger partial charge is 0.322 e. The van der Waals surface area contributed by atoms with Gasteiger partial charge in [-0.1, -0.05) is 24.3 Å². The zero-order valence-electron chi connectivity index (χ0n) is 19.9. The van der Waals surface area contributed by atoms with Gasteiger partial charge in [0.05, 0.1) is 25.5 Å². The van der Waals surface area contributed by atoms with E-state index in [1.807, 2.05) is 71.6 Å². The van der Waals surface area contributed by atoms with Gasteiger partial charge in [-0.05, 0) is 48.9 Å². The summed E-state index contributed by atoms with van der Waals surface area (Å²) in [7, 11) is 3.24. The summed E-state index contributed by atoms with van der Waals surface area (Å²) in [5.41, 5.74) is 2.30. The summed E-state index contributed by atoms with van der Waals surface area (Å²) >= 11 is 0. The molecule has 0 spiro atoms. The highest BCUT2D eigenvalue weighted by atomic mass is 16.5. The minimum Gasteiger partial charge on any atom is -0.497 e. The lowest BCUT2D eigenvalue weighted by Crippen LogP contribution is -2.39. The Labute approximate surface area is 204 Å². The van der Waals surface area contributed by atoms with Crippen LogP contribution in [-0.2, 0) is 0 Å². The van der Waals surface area contributed by atoms with E-state index in [2.05, 4.69) is 10.2 Å². The SMILES string of the molecule is COc1ccc2c(c1)C(N1CCCN(C(=O)Nc3ccccc3OC)CC1)=Nc1ccccc1O2. The number of benzene rings is 3. The van der Waals surface area contributed by atoms with Gasteiger partial charge >= 0.3 is 6.03 Å². The first kappa shape index (κ1) is 22.6. The highest BCUT2D eigenvalue weighted by Crippen LogP contribution is 2.39. The van der Waals surface area contributed by atoms with Crippen molar-refractivity contribution in [2.75, 3.05) is 45.7 Å². The maximum absolute atomic E-state index is 13.0. The van der Waals surface area contributed by atoms with Crippen LogP contribution < -0.4 is 19.5 Å². The molecule has 1 N–H and O–H groups in total. The second kappa shape index (κ2) is 9.97. The molecule has 3 aromatic carbocycles. The van der Waals surface area contributed by atoms with Gasteiger partial charge in [0.15, 0.2) is 5.75 Å². The number of fused-ring (bicyclic) bond motifs is 2. The normalized spacial score (nSPS) is 15.0. The lowest BCUT2D eigenvalue weighted by molar-refractivity contribution is 0.214. The van der Waals surface area contributed by atoms with Crippen LogP contribution in [0.5, 0.6) is 23.0 Å². The Balaban J connectivity index is 1.39. The molecule has 5 rings (SSSR count). The molecule has 180 valence electrons. The number of methoxy groups -OCH3 is 2. The van der Waals surface area contributed by atoms with Gasteiger partial charge in [-0.15, -0.1) is 0 Å². The number of para-hydroxylation sites is 4. The largest absolute Gasteiger partial charge is 0.497 e. The van der Waals surface area contributed by atoms with Crippen molar-refractivity contribution < 1.29 is 19.0 Å². The molecule has 2 heterocycles. The first-order valence-corrected chi connectivity index (χ1v) is 11.6. The zero-order valence-corrected chi connectivity index (χ0v) is 19.9. The minimum absolute atomic E-state index is 0.144. The highest BCUT2D eigenvalue weighted by Gasteiger charge is 2.27. The van der Waals surface area contributed by atoms with Gasteiger partial charge < -0.3 is 29.3 Å². The van der Waals surface area contributed by atoms with Crippen LogP contribution in [0.2, 0.25) is 0 Å². The number of nitrogens with one attached hydrogen (secondary N) is 1. The second-order valence-electron chi connectivity index (χ2n) is 8.33. The summed E-state index contributed by atoms with van der Waals surface area (Å²) in [6.45, 7) is 2.59. The fourth-order valence-electron chi connectivity index (χ4n) is 4.34. The van der Waals surface area contributed by atoms with Crippen molar-refractivity contribution in [1.29, 1.82) is 0 Å². The van der Waals surface area contributed by atoms with E-state index in [-0.39, 0.29) is 6.03 Å². The van der Waals surface area contributed by atoms with E-state index in [1.165, 1.54) is 0 Å². The molecule has 8 heteroatoms. The summed E-state index contributed by atoms with van der Waals surface area (Å²) in [5.74, 6) is 3.62. The van der Waals surface area contributed by atoms with Crippen molar-refractivity contribution in [2.24, 2.45) is 4.99 Å². The summed E-state index contributed by atoms with van der Waals surface area (Å²) in [6.07, 6.45) is 0.806. The van der Waals surface area contributed by atoms with Crippen LogP contribution in [0.25, 0.3) is 0 Å². The van der Waals surface area contributed by atoms with Gasteiger partial charge in [0, 0.05) is 26.2 Å². The Bertz CT molecular complexity index is 1260. The molecule has 0 bridgehead atoms. The number of amidine groups is 1. The third-order valence-electron chi connectivity index (χ3n) is 6.17. The van der Waals surface area contributed by atoms with Crippen LogP contribution in [0.3, 0.4) is 0 Å². The molecular formula is C27H28N4O4. The molecule has 1 saturated heterocycles. The van der Waals surface area contributed by atoms with Crippen molar-refractivity contribution >= 4 is 23.2 Å². The Hall–Kier alpha value is -4.20. The molecule has 0 aromatic heterocycles. The van der Waals surface area contributed by atoms with Crippen molar-refractivity contribution in [3.63, 3.8) is 0 Å². The fraction of sp³-hybridized carbons (Fsp3) is 0.259. The number of hydrogen-bond donors (Lipinski definition) is 1. The van der Waals surface area contributed by atoms with E-state index in [9.17, 15) is 4.79 Å². The van der Waals surface area contributed by atoms with Crippen molar-refractivity contribution in [3.8, 4) is 23.0 Å². The molecule has 35 heavy (non-hydrogen) atoms. The zero-order chi connectivity index (χ0) is 24.2. The van der Waals surface area contributed by atoms with Crippen LogP contribution in [0.4, 0.5) is 16.2 Å². The maximum Gasteiger partial charge on any atom is 0.322 e. The van der Waals surface area contributed by atoms with Gasteiger partial charge in [0.2, 0.25) is 0 Å². The number of aliphatic imine (C=N–C) groups is 1. The summed E-state index contributed by atoms with van der Waals surface area (Å²) in [4.78, 5) is 22.1. The summed E-state index contributed by atoms with van der Waals surface area (Å²) in [6, 6.07) is 20.8. The number of rotatable bonds is 3. The van der Waals surface area contributed by atoms with Crippen molar-refractivity contribution in [2.45, 2.75) is 6.42 Å². The minimum atomic E-state index is -0.144. The molecule has 0 unspecified atom stereocenters. The Morgan fingerprint density at radius 3 is 2.60 bits per heavy atom. The summed E-state index contributed by atoms with van der Waals surface area (Å²) in [5, 5.41) is 2.98. The van der Waals surface area contributed by atoms with E-state index in [0.717, 1.165) is 41.6 Å². The van der Waals surface area contributed by atoms with Crippen LogP contribution in [0, 0.1) is 0 Å². The average Bonchev–Trinajstić information content (AvgIpc) is 3.23. The van der Waals surface area contributed by atoms with E-state index in [4.69, 9.17) is 19.2 Å². The van der Waals surface area contributed by atoms with E-state index in [1.54, 1.807) is 14.2 Å². The van der Waals surface area contributed by atoms with Gasteiger partial charge in [-0.3, -0.25) is 0 Å². The number of ether oxygens (including phenoxy) is 3. The number of hydrogen-bond acceptors (Lipinski definition) is 6. The molecule has 2 aliphatic rings. The van der Waals surface area contributed by atoms with Crippen molar-refractivity contribution in [3.05, 3.63) is 72.3 Å². The third kappa shape index (κ3) is 4.73. The standard InChI is InChI=1S/C27H28N4O4/c1-33-19-12-13-23-20(18-19)26(28-22-9-4-6-11-25(22)35-23)30-14-7-15-31(17-16-30)27(32)29-21-8-3-5-10-24(21)34-2/h3-6,8-13,18H,7,14-17H2,1-2H3,(H,29,32). The number of urea groups is 1. The molecule has 0 atom stereocenters. The van der Waals surface area contributed by atoms with Gasteiger partial charge in [-0.2, -0.15) is 0 Å². The van der Waals surface area contributed by atoms with Crippen LogP contribution >= 0.6 is 0 Å². The Morgan fingerprint density at radius 2 is 1.74 bits per heavy atom. The monoisotopic (exact) mass is 472 g/mol. The number of anilines is 1. The van der Waals surface area contributed by atoms with Gasteiger partial charge in [0.25, 0.3) is 0 Å². The molecule has 0 aliphatic carbocycles. The second-order valence-corrected chi connectivity index (χ2v) is 8.33. The first-order valence-electron chi connectivity index (χ1n) is 11.6. The average molecular weight is 473 g/mol. The number of carbonyl (C=O) groups is 1. The molecule has 2 amide bonds. The van der Waals surface area contributed by atoms with E-state index < -0.39 is 0 Å². The lowest BCUT2D eigenvalue weighted by atomic mass is 10.1. The predicted octanol–water partition coefficient (Wildman–Crippen LogP) is 5.13. The molecule has 0 saturated carbocycles. The molecular weight excluding hydrogens is 444 g/mol. The Morgan fingerprint density at radius 1 is 0.914 bits per heavy atom. The molecule has 1 fully saturated rings. The molecule has 0 radical (unpaired) electrons. The topological polar surface area (TPSA) is 75.6 Å². The van der Waals surface area contributed by atoms with Gasteiger partial charge in [-0.25, -0.2) is 9.79 Å². The lowest BCUT2D eigenvalue weighted by Gasteiger charge is -2.25. The van der Waals surface area contributed by atoms with Crippen LogP contribution in [0.1, 0.15) is 12.0 Å². The first-order chi connectivity index (χ1) is 17.2. The van der Waals surface area contributed by atoms with Crippen molar-refractivity contribution in [1.82, 2.24) is 9.80 Å².